The molecule has 2 rings (SSSR count). The van der Waals surface area contributed by atoms with Gasteiger partial charge in [-0.3, -0.25) is 0 Å². The zero-order valence-corrected chi connectivity index (χ0v) is 10.2. The molecule has 0 spiro atoms. The van der Waals surface area contributed by atoms with Crippen LogP contribution in [0.15, 0.2) is 24.3 Å². The molecule has 1 aromatic rings. The number of hydrogen-bond donors (Lipinski definition) is 2. The van der Waals surface area contributed by atoms with Crippen LogP contribution in [0.4, 0.5) is 13.2 Å². The number of rotatable bonds is 4. The quantitative estimate of drug-likeness (QED) is 0.888. The molecular weight excluding hydrogens is 259 g/mol. The molecule has 1 aliphatic carbocycles. The van der Waals surface area contributed by atoms with Crippen LogP contribution < -0.4 is 10.5 Å². The van der Waals surface area contributed by atoms with E-state index in [9.17, 15) is 18.3 Å². The molecule has 0 bridgehead atoms. The second-order valence-electron chi connectivity index (χ2n) is 4.82. The van der Waals surface area contributed by atoms with Crippen LogP contribution in [0.25, 0.3) is 0 Å². The van der Waals surface area contributed by atoms with Crippen molar-refractivity contribution >= 4 is 0 Å². The van der Waals surface area contributed by atoms with Gasteiger partial charge in [0, 0.05) is 0 Å². The van der Waals surface area contributed by atoms with E-state index >= 15 is 0 Å². The van der Waals surface area contributed by atoms with E-state index in [2.05, 4.69) is 4.74 Å². The van der Waals surface area contributed by atoms with E-state index in [-0.39, 0.29) is 11.7 Å². The second kappa shape index (κ2) is 5.38. The lowest BCUT2D eigenvalue weighted by Gasteiger charge is -2.33. The summed E-state index contributed by atoms with van der Waals surface area (Å²) in [7, 11) is 0. The molecule has 1 aromatic carbocycles. The summed E-state index contributed by atoms with van der Waals surface area (Å²) < 4.78 is 39.8. The highest BCUT2D eigenvalue weighted by Gasteiger charge is 2.32. The van der Waals surface area contributed by atoms with Gasteiger partial charge in [-0.15, -0.1) is 13.2 Å². The molecule has 0 aliphatic heterocycles. The second-order valence-corrected chi connectivity index (χ2v) is 4.82. The molecule has 0 aromatic heterocycles. The van der Waals surface area contributed by atoms with Crippen molar-refractivity contribution in [3.8, 4) is 5.75 Å². The van der Waals surface area contributed by atoms with Gasteiger partial charge in [0.05, 0.1) is 12.1 Å². The van der Waals surface area contributed by atoms with Gasteiger partial charge < -0.3 is 15.6 Å². The molecule has 2 atom stereocenters. The third kappa shape index (κ3) is 3.61. The maximum Gasteiger partial charge on any atom is 0.573 e. The highest BCUT2D eigenvalue weighted by molar-refractivity contribution is 5.29. The summed E-state index contributed by atoms with van der Waals surface area (Å²) >= 11 is 0. The molecule has 3 nitrogen and oxygen atoms in total. The standard InChI is InChI=1S/C13H16F3NO2/c14-13(15,16)19-10-6-4-8(5-7-10)11(17)12(18)9-2-1-3-9/h4-7,9,11-12,18H,1-3,17H2/t11-,12+/m1/s1. The van der Waals surface area contributed by atoms with E-state index in [0.717, 1.165) is 19.3 Å². The normalized spacial score (nSPS) is 19.6. The minimum Gasteiger partial charge on any atom is -0.406 e. The van der Waals surface area contributed by atoms with Gasteiger partial charge >= 0.3 is 6.36 Å². The predicted molar refractivity (Wildman–Crippen MR) is 63.4 cm³/mol. The SMILES string of the molecule is N[C@H](c1ccc(OC(F)(F)F)cc1)[C@@H](O)C1CCC1. The van der Waals surface area contributed by atoms with Crippen molar-refractivity contribution < 1.29 is 23.0 Å². The fourth-order valence-electron chi connectivity index (χ4n) is 2.16. The van der Waals surface area contributed by atoms with Crippen LogP contribution in [0.1, 0.15) is 30.9 Å². The average molecular weight is 275 g/mol. The number of alkyl halides is 3. The zero-order valence-electron chi connectivity index (χ0n) is 10.2. The Balaban J connectivity index is 2.01. The molecular formula is C13H16F3NO2. The minimum absolute atomic E-state index is 0.195. The molecule has 0 unspecified atom stereocenters. The fourth-order valence-corrected chi connectivity index (χ4v) is 2.16. The summed E-state index contributed by atoms with van der Waals surface area (Å²) in [6.07, 6.45) is -2.36. The molecule has 0 radical (unpaired) electrons. The minimum atomic E-state index is -4.70. The molecule has 3 N–H and O–H groups in total. The number of ether oxygens (including phenoxy) is 1. The Morgan fingerprint density at radius 1 is 1.21 bits per heavy atom. The van der Waals surface area contributed by atoms with Crippen LogP contribution in [-0.4, -0.2) is 17.6 Å². The van der Waals surface area contributed by atoms with Gasteiger partial charge in [-0.1, -0.05) is 18.6 Å². The molecule has 6 heteroatoms. The Hall–Kier alpha value is -1.27. The van der Waals surface area contributed by atoms with Gasteiger partial charge in [0.15, 0.2) is 0 Å². The van der Waals surface area contributed by atoms with Gasteiger partial charge in [-0.25, -0.2) is 0 Å². The average Bonchev–Trinajstić information content (AvgIpc) is 2.24. The van der Waals surface area contributed by atoms with Crippen molar-refractivity contribution in [2.45, 2.75) is 37.8 Å². The first-order valence-corrected chi connectivity index (χ1v) is 6.16. The van der Waals surface area contributed by atoms with E-state index < -0.39 is 18.5 Å². The molecule has 0 amide bonds. The fraction of sp³-hybridized carbons (Fsp3) is 0.538. The van der Waals surface area contributed by atoms with E-state index in [0.29, 0.717) is 5.56 Å². The third-order valence-electron chi connectivity index (χ3n) is 3.50. The first-order chi connectivity index (χ1) is 8.87. The highest BCUT2D eigenvalue weighted by atomic mass is 19.4. The summed E-state index contributed by atoms with van der Waals surface area (Å²) in [6.45, 7) is 0. The predicted octanol–water partition coefficient (Wildman–Crippen LogP) is 2.75. The van der Waals surface area contributed by atoms with E-state index in [1.54, 1.807) is 0 Å². The van der Waals surface area contributed by atoms with Gasteiger partial charge in [0.25, 0.3) is 0 Å². The van der Waals surface area contributed by atoms with E-state index in [1.807, 2.05) is 0 Å². The number of aliphatic hydroxyl groups is 1. The maximum atomic E-state index is 12.0. The maximum absolute atomic E-state index is 12.0. The molecule has 106 valence electrons. The lowest BCUT2D eigenvalue weighted by molar-refractivity contribution is -0.274. The van der Waals surface area contributed by atoms with E-state index in [4.69, 9.17) is 5.73 Å². The van der Waals surface area contributed by atoms with Crippen molar-refractivity contribution in [1.29, 1.82) is 0 Å². The first-order valence-electron chi connectivity index (χ1n) is 6.16. The van der Waals surface area contributed by atoms with E-state index in [1.165, 1.54) is 24.3 Å². The molecule has 1 saturated carbocycles. The van der Waals surface area contributed by atoms with Crippen molar-refractivity contribution in [1.82, 2.24) is 0 Å². The van der Waals surface area contributed by atoms with Crippen LogP contribution in [0.3, 0.4) is 0 Å². The Bertz CT molecular complexity index is 415. The summed E-state index contributed by atoms with van der Waals surface area (Å²) in [5.41, 5.74) is 6.52. The van der Waals surface area contributed by atoms with Gasteiger partial charge in [0.2, 0.25) is 0 Å². The lowest BCUT2D eigenvalue weighted by Crippen LogP contribution is -2.36. The van der Waals surface area contributed by atoms with Gasteiger partial charge in [-0.05, 0) is 36.5 Å². The Labute approximate surface area is 109 Å². The Kier molecular flexibility index (Phi) is 4.01. The van der Waals surface area contributed by atoms with Gasteiger partial charge in [0.1, 0.15) is 5.75 Å². The number of benzene rings is 1. The Morgan fingerprint density at radius 2 is 1.79 bits per heavy atom. The van der Waals surface area contributed by atoms with Crippen LogP contribution >= 0.6 is 0 Å². The van der Waals surface area contributed by atoms with Crippen LogP contribution in [0, 0.1) is 5.92 Å². The molecule has 0 saturated heterocycles. The summed E-state index contributed by atoms with van der Waals surface area (Å²) in [4.78, 5) is 0. The van der Waals surface area contributed by atoms with Crippen molar-refractivity contribution in [3.63, 3.8) is 0 Å². The van der Waals surface area contributed by atoms with Crippen molar-refractivity contribution in [2.75, 3.05) is 0 Å². The topological polar surface area (TPSA) is 55.5 Å². The van der Waals surface area contributed by atoms with Crippen LogP contribution in [0.2, 0.25) is 0 Å². The monoisotopic (exact) mass is 275 g/mol. The highest BCUT2D eigenvalue weighted by Crippen LogP contribution is 2.34. The molecule has 1 aliphatic rings. The summed E-state index contributed by atoms with van der Waals surface area (Å²) in [5.74, 6) is -0.0947. The van der Waals surface area contributed by atoms with Crippen molar-refractivity contribution in [3.05, 3.63) is 29.8 Å². The zero-order chi connectivity index (χ0) is 14.0. The number of nitrogens with two attached hydrogens (primary N) is 1. The summed E-state index contributed by atoms with van der Waals surface area (Å²) in [5, 5.41) is 10.0. The summed E-state index contributed by atoms with van der Waals surface area (Å²) in [6, 6.07) is 4.73. The molecule has 0 heterocycles. The van der Waals surface area contributed by atoms with Gasteiger partial charge in [-0.2, -0.15) is 0 Å². The first kappa shape index (κ1) is 14.1. The Morgan fingerprint density at radius 3 is 2.21 bits per heavy atom. The number of halogens is 3. The number of hydrogen-bond acceptors (Lipinski definition) is 3. The van der Waals surface area contributed by atoms with Crippen LogP contribution in [-0.2, 0) is 0 Å². The molecule has 19 heavy (non-hydrogen) atoms. The molecule has 1 fully saturated rings. The largest absolute Gasteiger partial charge is 0.573 e. The lowest BCUT2D eigenvalue weighted by atomic mass is 9.77. The smallest absolute Gasteiger partial charge is 0.406 e. The van der Waals surface area contributed by atoms with Crippen LogP contribution in [0.5, 0.6) is 5.75 Å². The third-order valence-corrected chi connectivity index (χ3v) is 3.50. The number of aliphatic hydroxyl groups excluding tert-OH is 1. The van der Waals surface area contributed by atoms with Crippen molar-refractivity contribution in [2.24, 2.45) is 11.7 Å².